The van der Waals surface area contributed by atoms with Crippen LogP contribution in [0.4, 0.5) is 0 Å². The summed E-state index contributed by atoms with van der Waals surface area (Å²) < 4.78 is 59.9. The lowest BCUT2D eigenvalue weighted by atomic mass is 9.33. The third kappa shape index (κ3) is 11.1. The Hall–Kier alpha value is -1.75. The summed E-state index contributed by atoms with van der Waals surface area (Å²) in [7, 11) is 0. The fourth-order valence-electron chi connectivity index (χ4n) is 17.5. The van der Waals surface area contributed by atoms with Gasteiger partial charge in [0.1, 0.15) is 104 Å². The number of ether oxygens (including phenoxy) is 10. The number of allylic oxidation sites excluding steroid dienone is 2. The largest absolute Gasteiger partial charge is 0.432 e. The minimum absolute atomic E-state index is 0.0713. The standard InChI is InChI=1S/C59H96O26/c1-24-34(63)39(68)43(72)48(78-24)83-46-36(65)28(62)21-76-52(46)82-33-12-13-55(5)31(56(33,6)23-61)11-14-58(8)32(55)10-9-26-27-19-54(3,4)15-17-59(27,18-16-57(26,58)7)53(75)85-50-45(74)41(70)38(67)30(81-50)22-77-51-47(42(71)37(66)29(20-60)80-51)84-49-44(73)40(69)35(64)25(2)79-49/h9,24-25,27-52,60-74H,10-23H2,1-8H3/t24-,25+,27+,28-,29-,30-,31-,32+,33+,34-,35+,36-,37-,38-,39+,40-,41+,42+,43+,44-,45-,46+,47-,48-,49+,50+,51-,52-,55+,56-,57+,58+,59-/m0/s1. The summed E-state index contributed by atoms with van der Waals surface area (Å²) in [4.78, 5) is 15.3. The highest BCUT2D eigenvalue weighted by Gasteiger charge is 2.71. The summed E-state index contributed by atoms with van der Waals surface area (Å²) in [6, 6.07) is 0. The number of hydrogen-bond acceptors (Lipinski definition) is 26. The van der Waals surface area contributed by atoms with Gasteiger partial charge in [0.15, 0.2) is 25.2 Å². The molecule has 26 nitrogen and oxygen atoms in total. The Morgan fingerprint density at radius 2 is 1.13 bits per heavy atom. The third-order valence-corrected chi connectivity index (χ3v) is 23.2. The summed E-state index contributed by atoms with van der Waals surface area (Å²) in [5, 5.41) is 163. The molecule has 85 heavy (non-hydrogen) atoms. The number of carbonyl (C=O) groups excluding carboxylic acids is 1. The van der Waals surface area contributed by atoms with Gasteiger partial charge in [0.05, 0.1) is 50.2 Å². The molecule has 0 unspecified atom stereocenters. The molecule has 5 aliphatic carbocycles. The summed E-state index contributed by atoms with van der Waals surface area (Å²) in [5.74, 6) is -0.891. The molecule has 9 fully saturated rings. The highest BCUT2D eigenvalue weighted by atomic mass is 16.8. The summed E-state index contributed by atoms with van der Waals surface area (Å²) >= 11 is 0. The molecule has 15 N–H and O–H groups in total. The molecule has 10 aliphatic rings. The number of rotatable bonds is 13. The van der Waals surface area contributed by atoms with Gasteiger partial charge in [0.25, 0.3) is 0 Å². The maximum absolute atomic E-state index is 15.3. The second-order valence-corrected chi connectivity index (χ2v) is 28.5. The molecule has 26 heteroatoms. The predicted octanol–water partition coefficient (Wildman–Crippen LogP) is -2.54. The van der Waals surface area contributed by atoms with E-state index in [9.17, 15) is 76.6 Å². The van der Waals surface area contributed by atoms with E-state index in [2.05, 4.69) is 40.7 Å². The van der Waals surface area contributed by atoms with Gasteiger partial charge in [-0.3, -0.25) is 4.79 Å². The van der Waals surface area contributed by atoms with E-state index < -0.39 is 189 Å². The monoisotopic (exact) mass is 1220 g/mol. The van der Waals surface area contributed by atoms with Crippen LogP contribution in [0, 0.1) is 50.2 Å². The van der Waals surface area contributed by atoms with E-state index in [-0.39, 0.29) is 47.2 Å². The van der Waals surface area contributed by atoms with Gasteiger partial charge in [-0.1, -0.05) is 53.2 Å². The zero-order valence-corrected chi connectivity index (χ0v) is 49.8. The number of carbonyl (C=O) groups is 1. The smallest absolute Gasteiger partial charge is 0.315 e. The molecule has 0 amide bonds. The molecule has 488 valence electrons. The molecule has 5 heterocycles. The Labute approximate surface area is 494 Å². The lowest BCUT2D eigenvalue weighted by Crippen LogP contribution is -2.67. The number of esters is 1. The first-order chi connectivity index (χ1) is 39.8. The topological polar surface area (TPSA) is 413 Å². The highest BCUT2D eigenvalue weighted by molar-refractivity contribution is 5.79. The molecule has 0 spiro atoms. The van der Waals surface area contributed by atoms with Crippen molar-refractivity contribution in [3.05, 3.63) is 11.6 Å². The highest BCUT2D eigenvalue weighted by Crippen LogP contribution is 2.76. The molecule has 0 aromatic rings. The summed E-state index contributed by atoms with van der Waals surface area (Å²) in [5.41, 5.74) is -1.99. The molecule has 5 saturated heterocycles. The van der Waals surface area contributed by atoms with Gasteiger partial charge in [-0.05, 0) is 117 Å². The maximum atomic E-state index is 15.3. The van der Waals surface area contributed by atoms with Crippen LogP contribution in [0.1, 0.15) is 120 Å². The third-order valence-electron chi connectivity index (χ3n) is 23.2. The molecule has 0 bridgehead atoms. The normalized spacial score (nSPS) is 55.3. The van der Waals surface area contributed by atoms with Gasteiger partial charge < -0.3 is 124 Å². The van der Waals surface area contributed by atoms with Crippen LogP contribution in [0.2, 0.25) is 0 Å². The lowest BCUT2D eigenvalue weighted by Gasteiger charge is -2.71. The second kappa shape index (κ2) is 24.4. The second-order valence-electron chi connectivity index (χ2n) is 28.5. The quantitative estimate of drug-likeness (QED) is 0.0513. The number of fused-ring (bicyclic) bond motifs is 7. The molecule has 0 aromatic heterocycles. The molecule has 5 aliphatic heterocycles. The summed E-state index contributed by atoms with van der Waals surface area (Å²) in [6.45, 7) is 14.3. The first kappa shape index (κ1) is 66.2. The van der Waals surface area contributed by atoms with Crippen molar-refractivity contribution in [3.63, 3.8) is 0 Å². The predicted molar refractivity (Wildman–Crippen MR) is 288 cm³/mol. The minimum Gasteiger partial charge on any atom is -0.432 e. The average molecular weight is 1220 g/mol. The van der Waals surface area contributed by atoms with Crippen molar-refractivity contribution >= 4 is 5.97 Å². The molecule has 10 rings (SSSR count). The Balaban J connectivity index is 0.855. The van der Waals surface area contributed by atoms with Gasteiger partial charge >= 0.3 is 5.97 Å². The summed E-state index contributed by atoms with van der Waals surface area (Å²) in [6.07, 6.45) is -30.0. The molecular formula is C59H96O26. The molecule has 33 atom stereocenters. The lowest BCUT2D eigenvalue weighted by molar-refractivity contribution is -0.370. The first-order valence-corrected chi connectivity index (χ1v) is 30.6. The van der Waals surface area contributed by atoms with Gasteiger partial charge in [-0.15, -0.1) is 0 Å². The van der Waals surface area contributed by atoms with Gasteiger partial charge in [-0.25, -0.2) is 0 Å². The van der Waals surface area contributed by atoms with E-state index in [0.717, 1.165) is 6.42 Å². The average Bonchev–Trinajstić information content (AvgIpc) is 0.713. The Morgan fingerprint density at radius 1 is 0.565 bits per heavy atom. The van der Waals surface area contributed by atoms with Crippen molar-refractivity contribution in [2.24, 2.45) is 50.2 Å². The molecule has 0 aromatic carbocycles. The van der Waals surface area contributed by atoms with Crippen molar-refractivity contribution in [3.8, 4) is 0 Å². The fraction of sp³-hybridized carbons (Fsp3) is 0.949. The van der Waals surface area contributed by atoms with E-state index in [4.69, 9.17) is 47.4 Å². The molecule has 4 saturated carbocycles. The van der Waals surface area contributed by atoms with E-state index in [1.807, 2.05) is 6.92 Å². The van der Waals surface area contributed by atoms with Crippen molar-refractivity contribution in [1.82, 2.24) is 0 Å². The fourth-order valence-corrected chi connectivity index (χ4v) is 17.5. The number of hydrogen-bond donors (Lipinski definition) is 15. The van der Waals surface area contributed by atoms with Crippen LogP contribution in [0.15, 0.2) is 11.6 Å². The number of aliphatic hydroxyl groups is 15. The number of aliphatic hydroxyl groups excluding tert-OH is 15. The zero-order valence-electron chi connectivity index (χ0n) is 49.8. The van der Waals surface area contributed by atoms with Crippen LogP contribution < -0.4 is 0 Å². The Bertz CT molecular complexity index is 2370. The van der Waals surface area contributed by atoms with Crippen molar-refractivity contribution < 1.29 is 129 Å². The SMILES string of the molecule is C[C@@H]1O[C@@H](O[C@H]2[C@H](O[C@@H]3CC[C@]4(C)[C@H](CC[C@]5(C)[C@@H]4CC=C4[C@H]6CC(C)(C)CC[C@]6(C(=O)O[C@H]6O[C@@H](CO[C@H]7O[C@@H](CO)[C@H](O)[C@@H](O)[C@@H]7O[C@H]7O[C@H](C)[C@@H](O)[C@H](O)[C@@H]7O)[C@H](O)[C@@H](O)[C@@H]6O)CC[C@]45C)[C@]3(C)CO)OC[C@H](O)[C@@H]2O)[C@H](O)[C@H](O)[C@H]1O. The van der Waals surface area contributed by atoms with Crippen LogP contribution in [0.3, 0.4) is 0 Å². The van der Waals surface area contributed by atoms with Crippen LogP contribution in [-0.4, -0.2) is 263 Å². The van der Waals surface area contributed by atoms with E-state index in [1.54, 1.807) is 0 Å². The van der Waals surface area contributed by atoms with Gasteiger partial charge in [0.2, 0.25) is 6.29 Å². The van der Waals surface area contributed by atoms with Gasteiger partial charge in [-0.2, -0.15) is 0 Å². The van der Waals surface area contributed by atoms with E-state index in [0.29, 0.717) is 57.8 Å². The first-order valence-electron chi connectivity index (χ1n) is 30.6. The van der Waals surface area contributed by atoms with Crippen LogP contribution in [-0.2, 0) is 52.2 Å². The van der Waals surface area contributed by atoms with Crippen molar-refractivity contribution in [2.75, 3.05) is 26.4 Å². The molecule has 0 radical (unpaired) electrons. The Morgan fingerprint density at radius 3 is 1.74 bits per heavy atom. The van der Waals surface area contributed by atoms with Crippen molar-refractivity contribution in [1.29, 1.82) is 0 Å². The van der Waals surface area contributed by atoms with Gasteiger partial charge in [0, 0.05) is 5.41 Å². The molecular weight excluding hydrogens is 1120 g/mol. The zero-order chi connectivity index (χ0) is 62.0. The maximum Gasteiger partial charge on any atom is 0.315 e. The van der Waals surface area contributed by atoms with E-state index in [1.165, 1.54) is 19.4 Å². The Kier molecular flexibility index (Phi) is 19.0. The van der Waals surface area contributed by atoms with E-state index >= 15 is 4.79 Å². The van der Waals surface area contributed by atoms with Crippen LogP contribution in [0.25, 0.3) is 0 Å². The van der Waals surface area contributed by atoms with Crippen LogP contribution >= 0.6 is 0 Å². The minimum atomic E-state index is -1.92. The van der Waals surface area contributed by atoms with Crippen LogP contribution in [0.5, 0.6) is 0 Å². The van der Waals surface area contributed by atoms with Crippen molar-refractivity contribution in [2.45, 2.75) is 273 Å².